The molecular weight excluding hydrogens is 541 g/mol. The maximum Gasteiger partial charge on any atom is 0.244 e. The van der Waals surface area contributed by atoms with E-state index in [1.165, 1.54) is 17.0 Å². The quantitative estimate of drug-likeness (QED) is 0.298. The average Bonchev–Trinajstić information content (AvgIpc) is 2.94. The second-order valence-electron chi connectivity index (χ2n) is 10.7. The van der Waals surface area contributed by atoms with Crippen LogP contribution in [0.5, 0.6) is 0 Å². The van der Waals surface area contributed by atoms with Crippen LogP contribution >= 0.6 is 0 Å². The lowest BCUT2D eigenvalue weighted by Gasteiger charge is -2.34. The minimum absolute atomic E-state index is 0.00598. The molecule has 2 atom stereocenters. The van der Waals surface area contributed by atoms with Gasteiger partial charge < -0.3 is 10.2 Å². The first-order valence-electron chi connectivity index (χ1n) is 13.9. The van der Waals surface area contributed by atoms with Crippen LogP contribution in [0.15, 0.2) is 78.9 Å². The predicted octanol–water partition coefficient (Wildman–Crippen LogP) is 5.27. The standard InChI is InChI=1S/C32H40FN3O4S/c1-6-24(4)34-32(38)30(20-25-12-8-7-9-13-25)35(21-26-16-18-27(33)19-17-26)31(37)22-36(41(5,39)40)29-15-11-10-14-28(29)23(2)3/h7-19,23-24,30H,6,20-22H2,1-5H3,(H,34,38). The van der Waals surface area contributed by atoms with E-state index in [0.29, 0.717) is 17.7 Å². The fraction of sp³-hybridized carbons (Fsp3) is 0.375. The van der Waals surface area contributed by atoms with Crippen molar-refractivity contribution in [3.8, 4) is 0 Å². The first-order valence-corrected chi connectivity index (χ1v) is 15.7. The molecule has 0 radical (unpaired) electrons. The Kier molecular flexibility index (Phi) is 11.1. The van der Waals surface area contributed by atoms with Crippen molar-refractivity contribution in [2.45, 2.75) is 65.1 Å². The SMILES string of the molecule is CCC(C)NC(=O)C(Cc1ccccc1)N(Cc1ccc(F)cc1)C(=O)CN(c1ccccc1C(C)C)S(C)(=O)=O. The molecule has 3 aromatic carbocycles. The van der Waals surface area contributed by atoms with Crippen LogP contribution in [0.25, 0.3) is 0 Å². The monoisotopic (exact) mass is 581 g/mol. The third-order valence-electron chi connectivity index (χ3n) is 7.04. The molecule has 0 saturated heterocycles. The van der Waals surface area contributed by atoms with Gasteiger partial charge in [-0.3, -0.25) is 13.9 Å². The summed E-state index contributed by atoms with van der Waals surface area (Å²) in [5.41, 5.74) is 2.66. The number of halogens is 1. The van der Waals surface area contributed by atoms with Gasteiger partial charge in [-0.25, -0.2) is 12.8 Å². The number of hydrogen-bond acceptors (Lipinski definition) is 4. The van der Waals surface area contributed by atoms with Crippen LogP contribution in [0.1, 0.15) is 56.7 Å². The van der Waals surface area contributed by atoms with Crippen molar-refractivity contribution >= 4 is 27.5 Å². The van der Waals surface area contributed by atoms with Gasteiger partial charge in [0.15, 0.2) is 0 Å². The van der Waals surface area contributed by atoms with Gasteiger partial charge in [0, 0.05) is 19.0 Å². The maximum absolute atomic E-state index is 14.2. The van der Waals surface area contributed by atoms with E-state index in [1.807, 2.05) is 70.2 Å². The third-order valence-corrected chi connectivity index (χ3v) is 8.17. The highest BCUT2D eigenvalue weighted by molar-refractivity contribution is 7.92. The Balaban J connectivity index is 2.09. The molecular formula is C32H40FN3O4S. The highest BCUT2D eigenvalue weighted by atomic mass is 32.2. The van der Waals surface area contributed by atoms with E-state index in [2.05, 4.69) is 5.32 Å². The molecule has 0 aliphatic heterocycles. The smallest absolute Gasteiger partial charge is 0.244 e. The normalized spacial score (nSPS) is 13.0. The largest absolute Gasteiger partial charge is 0.352 e. The van der Waals surface area contributed by atoms with Crippen molar-refractivity contribution in [1.29, 1.82) is 0 Å². The Hall–Kier alpha value is -3.72. The molecule has 0 heterocycles. The van der Waals surface area contributed by atoms with E-state index in [0.717, 1.165) is 21.7 Å². The topological polar surface area (TPSA) is 86.8 Å². The third kappa shape index (κ3) is 8.88. The fourth-order valence-electron chi connectivity index (χ4n) is 4.58. The zero-order chi connectivity index (χ0) is 30.2. The molecule has 3 aromatic rings. The van der Waals surface area contributed by atoms with Gasteiger partial charge in [-0.2, -0.15) is 0 Å². The summed E-state index contributed by atoms with van der Waals surface area (Å²) >= 11 is 0. The summed E-state index contributed by atoms with van der Waals surface area (Å²) in [4.78, 5) is 29.3. The van der Waals surface area contributed by atoms with E-state index in [-0.39, 0.29) is 30.8 Å². The summed E-state index contributed by atoms with van der Waals surface area (Å²) in [5.74, 6) is -1.30. The molecule has 0 aliphatic rings. The highest BCUT2D eigenvalue weighted by Gasteiger charge is 2.34. The number of amides is 2. The number of sulfonamides is 1. The molecule has 3 rings (SSSR count). The zero-order valence-electron chi connectivity index (χ0n) is 24.4. The van der Waals surface area contributed by atoms with Crippen LogP contribution in [0.3, 0.4) is 0 Å². The van der Waals surface area contributed by atoms with Crippen molar-refractivity contribution in [1.82, 2.24) is 10.2 Å². The lowest BCUT2D eigenvalue weighted by molar-refractivity contribution is -0.140. The summed E-state index contributed by atoms with van der Waals surface area (Å²) in [7, 11) is -3.87. The molecule has 41 heavy (non-hydrogen) atoms. The van der Waals surface area contributed by atoms with Crippen LogP contribution in [-0.2, 0) is 32.6 Å². The van der Waals surface area contributed by atoms with Gasteiger partial charge >= 0.3 is 0 Å². The van der Waals surface area contributed by atoms with Gasteiger partial charge in [0.2, 0.25) is 21.8 Å². The molecule has 1 N–H and O–H groups in total. The van der Waals surface area contributed by atoms with Crippen molar-refractivity contribution in [2.24, 2.45) is 0 Å². The van der Waals surface area contributed by atoms with E-state index in [9.17, 15) is 22.4 Å². The van der Waals surface area contributed by atoms with Crippen LogP contribution < -0.4 is 9.62 Å². The van der Waals surface area contributed by atoms with Crippen LogP contribution in [0.2, 0.25) is 0 Å². The first kappa shape index (κ1) is 31.8. The van der Waals surface area contributed by atoms with Gasteiger partial charge in [-0.15, -0.1) is 0 Å². The van der Waals surface area contributed by atoms with E-state index >= 15 is 0 Å². The van der Waals surface area contributed by atoms with E-state index < -0.39 is 34.3 Å². The molecule has 0 bridgehead atoms. The molecule has 0 fully saturated rings. The number of nitrogens with zero attached hydrogens (tertiary/aromatic N) is 2. The summed E-state index contributed by atoms with van der Waals surface area (Å²) in [6.45, 7) is 7.25. The second-order valence-corrected chi connectivity index (χ2v) is 12.6. The summed E-state index contributed by atoms with van der Waals surface area (Å²) < 4.78 is 41.0. The highest BCUT2D eigenvalue weighted by Crippen LogP contribution is 2.29. The molecule has 2 amide bonds. The number of carbonyl (C=O) groups excluding carboxylic acids is 2. The minimum Gasteiger partial charge on any atom is -0.352 e. The van der Waals surface area contributed by atoms with E-state index in [1.54, 1.807) is 24.3 Å². The molecule has 0 aliphatic carbocycles. The molecule has 0 spiro atoms. The van der Waals surface area contributed by atoms with Crippen molar-refractivity contribution in [3.05, 3.63) is 101 Å². The Morgan fingerprint density at radius 1 is 0.878 bits per heavy atom. The Bertz CT molecular complexity index is 1410. The predicted molar refractivity (Wildman–Crippen MR) is 162 cm³/mol. The number of rotatable bonds is 13. The first-order chi connectivity index (χ1) is 19.4. The van der Waals surface area contributed by atoms with Gasteiger partial charge in [0.25, 0.3) is 0 Å². The lowest BCUT2D eigenvalue weighted by atomic mass is 10.0. The second kappa shape index (κ2) is 14.3. The summed E-state index contributed by atoms with van der Waals surface area (Å²) in [6, 6.07) is 21.1. The minimum atomic E-state index is -3.87. The van der Waals surface area contributed by atoms with Crippen molar-refractivity contribution in [2.75, 3.05) is 17.1 Å². The number of carbonyl (C=O) groups is 2. The molecule has 0 saturated carbocycles. The molecule has 9 heteroatoms. The Morgan fingerprint density at radius 2 is 1.49 bits per heavy atom. The number of nitrogens with one attached hydrogen (secondary N) is 1. The van der Waals surface area contributed by atoms with Crippen molar-refractivity contribution < 1.29 is 22.4 Å². The van der Waals surface area contributed by atoms with Crippen LogP contribution in [0, 0.1) is 5.82 Å². The lowest BCUT2D eigenvalue weighted by Crippen LogP contribution is -2.54. The van der Waals surface area contributed by atoms with Gasteiger partial charge in [0.05, 0.1) is 11.9 Å². The average molecular weight is 582 g/mol. The van der Waals surface area contributed by atoms with Gasteiger partial charge in [0.1, 0.15) is 18.4 Å². The van der Waals surface area contributed by atoms with Crippen LogP contribution in [-0.4, -0.2) is 50.0 Å². The molecule has 2 unspecified atom stereocenters. The van der Waals surface area contributed by atoms with Gasteiger partial charge in [-0.05, 0) is 54.2 Å². The Labute approximate surface area is 243 Å². The number of hydrogen-bond donors (Lipinski definition) is 1. The zero-order valence-corrected chi connectivity index (χ0v) is 25.2. The molecule has 220 valence electrons. The van der Waals surface area contributed by atoms with Crippen LogP contribution in [0.4, 0.5) is 10.1 Å². The molecule has 7 nitrogen and oxygen atoms in total. The number of para-hydroxylation sites is 1. The Morgan fingerprint density at radius 3 is 2.07 bits per heavy atom. The maximum atomic E-state index is 14.2. The molecule has 0 aromatic heterocycles. The fourth-order valence-corrected chi connectivity index (χ4v) is 5.45. The number of anilines is 1. The van der Waals surface area contributed by atoms with E-state index in [4.69, 9.17) is 0 Å². The summed E-state index contributed by atoms with van der Waals surface area (Å²) in [5, 5.41) is 2.99. The number of benzene rings is 3. The summed E-state index contributed by atoms with van der Waals surface area (Å²) in [6.07, 6.45) is 1.99. The van der Waals surface area contributed by atoms with Gasteiger partial charge in [-0.1, -0.05) is 81.4 Å². The van der Waals surface area contributed by atoms with Crippen molar-refractivity contribution in [3.63, 3.8) is 0 Å².